The molecule has 1 aliphatic heterocycles. The molecule has 0 amide bonds. The Morgan fingerprint density at radius 1 is 1.09 bits per heavy atom. The molecule has 6 heteroatoms. The van der Waals surface area contributed by atoms with Crippen molar-refractivity contribution in [3.8, 4) is 0 Å². The van der Waals surface area contributed by atoms with Gasteiger partial charge in [-0.2, -0.15) is 17.4 Å². The monoisotopic (exact) mass is 339 g/mol. The van der Waals surface area contributed by atoms with Crippen LogP contribution in [0.25, 0.3) is 0 Å². The van der Waals surface area contributed by atoms with Crippen molar-refractivity contribution >= 4 is 10.2 Å². The summed E-state index contributed by atoms with van der Waals surface area (Å²) < 4.78 is 28.6. The fourth-order valence-corrected chi connectivity index (χ4v) is 3.82. The van der Waals surface area contributed by atoms with E-state index in [0.717, 1.165) is 31.6 Å². The number of likely N-dealkylation sites (tertiary alicyclic amines) is 1. The van der Waals surface area contributed by atoms with Crippen molar-refractivity contribution in [3.63, 3.8) is 0 Å². The summed E-state index contributed by atoms with van der Waals surface area (Å²) in [7, 11) is -1.76. The van der Waals surface area contributed by atoms with Crippen LogP contribution >= 0.6 is 0 Å². The maximum Gasteiger partial charge on any atom is 0.279 e. The van der Waals surface area contributed by atoms with Gasteiger partial charge in [0.1, 0.15) is 0 Å². The van der Waals surface area contributed by atoms with Crippen LogP contribution in [0.1, 0.15) is 37.7 Å². The molecule has 1 aliphatic rings. The summed E-state index contributed by atoms with van der Waals surface area (Å²) in [6, 6.07) is 9.58. The smallest absolute Gasteiger partial charge is 0.279 e. The first-order valence-corrected chi connectivity index (χ1v) is 9.99. The lowest BCUT2D eigenvalue weighted by Crippen LogP contribution is -2.39. The lowest BCUT2D eigenvalue weighted by molar-refractivity contribution is 0.272. The number of nitrogens with zero attached hydrogens (tertiary/aromatic N) is 2. The van der Waals surface area contributed by atoms with Gasteiger partial charge in [0.15, 0.2) is 0 Å². The molecule has 5 nitrogen and oxygen atoms in total. The van der Waals surface area contributed by atoms with Gasteiger partial charge in [-0.05, 0) is 44.5 Å². The van der Waals surface area contributed by atoms with Gasteiger partial charge >= 0.3 is 0 Å². The Balaban J connectivity index is 1.71. The van der Waals surface area contributed by atoms with Crippen LogP contribution in [0.15, 0.2) is 30.3 Å². The van der Waals surface area contributed by atoms with Crippen molar-refractivity contribution in [1.29, 1.82) is 0 Å². The van der Waals surface area contributed by atoms with E-state index in [0.29, 0.717) is 13.1 Å². The molecular weight excluding hydrogens is 310 g/mol. The first-order chi connectivity index (χ1) is 11.1. The van der Waals surface area contributed by atoms with E-state index in [2.05, 4.69) is 9.62 Å². The summed E-state index contributed by atoms with van der Waals surface area (Å²) in [6.45, 7) is 4.18. The molecule has 130 valence electrons. The maximum absolute atomic E-state index is 12.2. The fourth-order valence-electron chi connectivity index (χ4n) is 2.88. The summed E-state index contributed by atoms with van der Waals surface area (Å²) in [5, 5.41) is 0. The second-order valence-corrected chi connectivity index (χ2v) is 8.10. The predicted molar refractivity (Wildman–Crippen MR) is 94.4 cm³/mol. The van der Waals surface area contributed by atoms with E-state index in [1.165, 1.54) is 30.0 Å². The van der Waals surface area contributed by atoms with Gasteiger partial charge in [-0.15, -0.1) is 0 Å². The van der Waals surface area contributed by atoms with Crippen LogP contribution in [0.3, 0.4) is 0 Å². The average molecular weight is 340 g/mol. The van der Waals surface area contributed by atoms with Crippen molar-refractivity contribution in [2.75, 3.05) is 33.2 Å². The number of benzene rings is 1. The van der Waals surface area contributed by atoms with Crippen LogP contribution in [0.5, 0.6) is 0 Å². The van der Waals surface area contributed by atoms with Crippen LogP contribution < -0.4 is 4.72 Å². The standard InChI is InChI=1S/C17H29N3O2S/c1-19(12-9-15-20-13-7-2-3-8-14-20)23(21,22)18-16-17-10-5-4-6-11-17/h4-6,10-11,18H,2-3,7-9,12-16H2,1H3. The second-order valence-electron chi connectivity index (χ2n) is 6.24. The fraction of sp³-hybridized carbons (Fsp3) is 0.647. The molecule has 1 saturated heterocycles. The van der Waals surface area contributed by atoms with Gasteiger partial charge in [-0.3, -0.25) is 0 Å². The Kier molecular flexibility index (Phi) is 7.49. The molecule has 0 bridgehead atoms. The van der Waals surface area contributed by atoms with Crippen molar-refractivity contribution < 1.29 is 8.42 Å². The molecule has 1 aromatic carbocycles. The summed E-state index contributed by atoms with van der Waals surface area (Å²) in [4.78, 5) is 2.46. The predicted octanol–water partition coefficient (Wildman–Crippen LogP) is 2.22. The van der Waals surface area contributed by atoms with Crippen LogP contribution in [0.2, 0.25) is 0 Å². The van der Waals surface area contributed by atoms with Gasteiger partial charge in [-0.1, -0.05) is 43.2 Å². The molecular formula is C17H29N3O2S. The highest BCUT2D eigenvalue weighted by molar-refractivity contribution is 7.87. The third kappa shape index (κ3) is 6.59. The molecule has 0 aliphatic carbocycles. The first-order valence-electron chi connectivity index (χ1n) is 8.55. The third-order valence-electron chi connectivity index (χ3n) is 4.36. The molecule has 0 atom stereocenters. The second kappa shape index (κ2) is 9.37. The number of hydrogen-bond acceptors (Lipinski definition) is 3. The highest BCUT2D eigenvalue weighted by Gasteiger charge is 2.17. The third-order valence-corrected chi connectivity index (χ3v) is 5.87. The van der Waals surface area contributed by atoms with Gasteiger partial charge in [0.25, 0.3) is 10.2 Å². The summed E-state index contributed by atoms with van der Waals surface area (Å²) in [6.07, 6.45) is 6.07. The summed E-state index contributed by atoms with van der Waals surface area (Å²) in [5.74, 6) is 0. The van der Waals surface area contributed by atoms with Crippen LogP contribution in [0.4, 0.5) is 0 Å². The topological polar surface area (TPSA) is 52.7 Å². The van der Waals surface area contributed by atoms with Gasteiger partial charge < -0.3 is 4.90 Å². The lowest BCUT2D eigenvalue weighted by Gasteiger charge is -2.22. The highest BCUT2D eigenvalue weighted by atomic mass is 32.2. The molecule has 1 heterocycles. The van der Waals surface area contributed by atoms with Crippen LogP contribution in [-0.4, -0.2) is 50.8 Å². The van der Waals surface area contributed by atoms with Crippen LogP contribution in [0, 0.1) is 0 Å². The number of rotatable bonds is 8. The van der Waals surface area contributed by atoms with Gasteiger partial charge in [-0.25, -0.2) is 0 Å². The zero-order chi connectivity index (χ0) is 16.5. The molecule has 0 spiro atoms. The van der Waals surface area contributed by atoms with Gasteiger partial charge in [0.05, 0.1) is 0 Å². The Bertz CT molecular complexity index is 540. The van der Waals surface area contributed by atoms with Crippen molar-refractivity contribution in [3.05, 3.63) is 35.9 Å². The Hall–Kier alpha value is -0.950. The zero-order valence-corrected chi connectivity index (χ0v) is 14.9. The minimum Gasteiger partial charge on any atom is -0.303 e. The van der Waals surface area contributed by atoms with E-state index in [4.69, 9.17) is 0 Å². The number of hydrogen-bond donors (Lipinski definition) is 1. The molecule has 1 aromatic rings. The molecule has 0 saturated carbocycles. The SMILES string of the molecule is CN(CCCN1CCCCCC1)S(=O)(=O)NCc1ccccc1. The molecule has 1 fully saturated rings. The quantitative estimate of drug-likeness (QED) is 0.790. The van der Waals surface area contributed by atoms with E-state index in [9.17, 15) is 8.42 Å². The molecule has 0 unspecified atom stereocenters. The zero-order valence-electron chi connectivity index (χ0n) is 14.1. The molecule has 1 N–H and O–H groups in total. The molecule has 0 radical (unpaired) electrons. The van der Waals surface area contributed by atoms with Crippen LogP contribution in [-0.2, 0) is 16.8 Å². The minimum absolute atomic E-state index is 0.333. The Morgan fingerprint density at radius 2 is 1.74 bits per heavy atom. The molecule has 23 heavy (non-hydrogen) atoms. The van der Waals surface area contributed by atoms with E-state index in [1.54, 1.807) is 7.05 Å². The Morgan fingerprint density at radius 3 is 2.39 bits per heavy atom. The van der Waals surface area contributed by atoms with Gasteiger partial charge in [0, 0.05) is 20.1 Å². The van der Waals surface area contributed by atoms with E-state index in [-0.39, 0.29) is 0 Å². The van der Waals surface area contributed by atoms with Gasteiger partial charge in [0.2, 0.25) is 0 Å². The average Bonchev–Trinajstić information content (AvgIpc) is 2.83. The largest absolute Gasteiger partial charge is 0.303 e. The Labute approximate surface area is 140 Å². The van der Waals surface area contributed by atoms with Crippen molar-refractivity contribution in [1.82, 2.24) is 13.9 Å². The highest BCUT2D eigenvalue weighted by Crippen LogP contribution is 2.10. The summed E-state index contributed by atoms with van der Waals surface area (Å²) in [5.41, 5.74) is 0.967. The minimum atomic E-state index is -3.40. The first kappa shape index (κ1) is 18.4. The van der Waals surface area contributed by atoms with E-state index >= 15 is 0 Å². The normalized spacial score (nSPS) is 17.3. The lowest BCUT2D eigenvalue weighted by atomic mass is 10.2. The summed E-state index contributed by atoms with van der Waals surface area (Å²) >= 11 is 0. The van der Waals surface area contributed by atoms with E-state index < -0.39 is 10.2 Å². The number of nitrogens with one attached hydrogen (secondary N) is 1. The van der Waals surface area contributed by atoms with Crippen molar-refractivity contribution in [2.24, 2.45) is 0 Å². The van der Waals surface area contributed by atoms with Crippen molar-refractivity contribution in [2.45, 2.75) is 38.6 Å². The van der Waals surface area contributed by atoms with E-state index in [1.807, 2.05) is 30.3 Å². The maximum atomic E-state index is 12.2. The molecule has 2 rings (SSSR count). The molecule has 0 aromatic heterocycles.